The number of carbonyl (C=O) groups excluding carboxylic acids is 1. The van der Waals surface area contributed by atoms with Crippen molar-refractivity contribution in [1.82, 2.24) is 15.1 Å². The molecule has 1 aromatic carbocycles. The van der Waals surface area contributed by atoms with Crippen molar-refractivity contribution < 1.29 is 9.90 Å². The van der Waals surface area contributed by atoms with Gasteiger partial charge in [0.25, 0.3) is 0 Å². The molecule has 0 aliphatic rings. The average Bonchev–Trinajstić information content (AvgIpc) is 2.84. The van der Waals surface area contributed by atoms with Gasteiger partial charge < -0.3 is 10.4 Å². The Morgan fingerprint density at radius 1 is 1.32 bits per heavy atom. The van der Waals surface area contributed by atoms with Gasteiger partial charge in [0.1, 0.15) is 0 Å². The lowest BCUT2D eigenvalue weighted by atomic mass is 10.1. The number of benzene rings is 1. The topological polar surface area (TPSA) is 67.2 Å². The third-order valence-electron chi connectivity index (χ3n) is 4.27. The lowest BCUT2D eigenvalue weighted by Gasteiger charge is -2.16. The standard InChI is InChI=1S/C20H27N3O2/c1-14(2)12-23-16(4)18(15(3)22-23)10-11-20(25)21-19(13-24)17-8-6-5-7-9-17/h5-9,19,24H,1,10-13H2,2-4H3,(H,21,25)/t19-/m1/s1. The van der Waals surface area contributed by atoms with Crippen LogP contribution in [-0.4, -0.2) is 27.4 Å². The van der Waals surface area contributed by atoms with E-state index in [0.717, 1.165) is 28.1 Å². The molecule has 1 heterocycles. The molecule has 1 atom stereocenters. The average molecular weight is 341 g/mol. The first-order valence-corrected chi connectivity index (χ1v) is 8.54. The zero-order valence-corrected chi connectivity index (χ0v) is 15.2. The molecule has 5 nitrogen and oxygen atoms in total. The predicted octanol–water partition coefficient (Wildman–Crippen LogP) is 2.86. The van der Waals surface area contributed by atoms with Crippen molar-refractivity contribution in [3.8, 4) is 0 Å². The number of carbonyl (C=O) groups is 1. The molecule has 25 heavy (non-hydrogen) atoms. The molecule has 0 aliphatic heterocycles. The second kappa shape index (κ2) is 8.62. The fourth-order valence-electron chi connectivity index (χ4n) is 2.93. The number of aromatic nitrogens is 2. The van der Waals surface area contributed by atoms with Crippen molar-refractivity contribution in [1.29, 1.82) is 0 Å². The van der Waals surface area contributed by atoms with Crippen molar-refractivity contribution in [2.45, 2.75) is 46.2 Å². The minimum atomic E-state index is -0.373. The molecule has 0 bridgehead atoms. The number of aryl methyl sites for hydroxylation is 1. The number of aliphatic hydroxyl groups is 1. The number of rotatable bonds is 8. The lowest BCUT2D eigenvalue weighted by molar-refractivity contribution is -0.122. The van der Waals surface area contributed by atoms with Gasteiger partial charge in [0.15, 0.2) is 0 Å². The smallest absolute Gasteiger partial charge is 0.220 e. The lowest BCUT2D eigenvalue weighted by Crippen LogP contribution is -2.30. The molecule has 0 spiro atoms. The quantitative estimate of drug-likeness (QED) is 0.726. The highest BCUT2D eigenvalue weighted by Crippen LogP contribution is 2.17. The Bertz CT molecular complexity index is 735. The summed E-state index contributed by atoms with van der Waals surface area (Å²) >= 11 is 0. The van der Waals surface area contributed by atoms with Crippen molar-refractivity contribution >= 4 is 5.91 Å². The first-order valence-electron chi connectivity index (χ1n) is 8.54. The molecule has 0 unspecified atom stereocenters. The number of aliphatic hydroxyl groups excluding tert-OH is 1. The molecule has 5 heteroatoms. The van der Waals surface area contributed by atoms with E-state index in [1.54, 1.807) is 0 Å². The molecule has 2 rings (SSSR count). The predicted molar refractivity (Wildman–Crippen MR) is 99.2 cm³/mol. The van der Waals surface area contributed by atoms with Gasteiger partial charge in [-0.2, -0.15) is 5.10 Å². The summed E-state index contributed by atoms with van der Waals surface area (Å²) in [6, 6.07) is 9.13. The molecule has 2 N–H and O–H groups in total. The molecule has 2 aromatic rings. The monoisotopic (exact) mass is 341 g/mol. The molecule has 1 amide bonds. The second-order valence-corrected chi connectivity index (χ2v) is 6.48. The van der Waals surface area contributed by atoms with Gasteiger partial charge in [-0.3, -0.25) is 9.48 Å². The summed E-state index contributed by atoms with van der Waals surface area (Å²) in [5.74, 6) is -0.0747. The van der Waals surface area contributed by atoms with Gasteiger partial charge >= 0.3 is 0 Å². The first kappa shape index (κ1) is 18.9. The van der Waals surface area contributed by atoms with Crippen LogP contribution >= 0.6 is 0 Å². The maximum absolute atomic E-state index is 12.3. The zero-order chi connectivity index (χ0) is 18.4. The summed E-state index contributed by atoms with van der Waals surface area (Å²) in [4.78, 5) is 12.3. The minimum absolute atomic E-state index is 0.0747. The molecule has 0 saturated heterocycles. The number of hydrogen-bond donors (Lipinski definition) is 2. The number of nitrogens with zero attached hydrogens (tertiary/aromatic N) is 2. The van der Waals surface area contributed by atoms with E-state index >= 15 is 0 Å². The zero-order valence-electron chi connectivity index (χ0n) is 15.2. The summed E-state index contributed by atoms with van der Waals surface area (Å²) in [5.41, 5.74) is 5.09. The highest BCUT2D eigenvalue weighted by Gasteiger charge is 2.16. The second-order valence-electron chi connectivity index (χ2n) is 6.48. The van der Waals surface area contributed by atoms with E-state index in [4.69, 9.17) is 0 Å². The van der Waals surface area contributed by atoms with Crippen molar-refractivity contribution in [2.24, 2.45) is 0 Å². The van der Waals surface area contributed by atoms with Gasteiger partial charge in [0, 0.05) is 12.1 Å². The maximum atomic E-state index is 12.3. The van der Waals surface area contributed by atoms with Crippen molar-refractivity contribution in [3.05, 3.63) is 65.0 Å². The van der Waals surface area contributed by atoms with E-state index < -0.39 is 0 Å². The van der Waals surface area contributed by atoms with Crippen LogP contribution in [0.3, 0.4) is 0 Å². The molecule has 0 fully saturated rings. The SMILES string of the molecule is C=C(C)Cn1nc(C)c(CCC(=O)N[C@H](CO)c2ccccc2)c1C. The number of nitrogens with one attached hydrogen (secondary N) is 1. The van der Waals surface area contributed by atoms with Gasteiger partial charge in [-0.05, 0) is 38.3 Å². The fraction of sp³-hybridized carbons (Fsp3) is 0.400. The molecular formula is C20H27N3O2. The third-order valence-corrected chi connectivity index (χ3v) is 4.27. The summed E-state index contributed by atoms with van der Waals surface area (Å²) in [7, 11) is 0. The summed E-state index contributed by atoms with van der Waals surface area (Å²) in [6.45, 7) is 10.5. The van der Waals surface area contributed by atoms with Gasteiger partial charge in [0.05, 0.1) is 24.9 Å². The van der Waals surface area contributed by atoms with E-state index in [1.165, 1.54) is 0 Å². The molecule has 0 saturated carbocycles. The fourth-order valence-corrected chi connectivity index (χ4v) is 2.93. The van der Waals surface area contributed by atoms with E-state index in [2.05, 4.69) is 17.0 Å². The van der Waals surface area contributed by atoms with Crippen LogP contribution in [0.1, 0.15) is 41.9 Å². The Morgan fingerprint density at radius 2 is 2.00 bits per heavy atom. The summed E-state index contributed by atoms with van der Waals surface area (Å²) < 4.78 is 1.94. The van der Waals surface area contributed by atoms with Crippen LogP contribution in [-0.2, 0) is 17.8 Å². The van der Waals surface area contributed by atoms with Crippen LogP contribution in [0.5, 0.6) is 0 Å². The van der Waals surface area contributed by atoms with E-state index in [9.17, 15) is 9.90 Å². The van der Waals surface area contributed by atoms with Gasteiger partial charge in [-0.15, -0.1) is 0 Å². The molecule has 134 valence electrons. The third kappa shape index (κ3) is 5.03. The van der Waals surface area contributed by atoms with Gasteiger partial charge in [-0.25, -0.2) is 0 Å². The molecular weight excluding hydrogens is 314 g/mol. The van der Waals surface area contributed by atoms with Gasteiger partial charge in [-0.1, -0.05) is 42.5 Å². The van der Waals surface area contributed by atoms with Crippen LogP contribution in [0.2, 0.25) is 0 Å². The van der Waals surface area contributed by atoms with E-state index in [0.29, 0.717) is 19.4 Å². The summed E-state index contributed by atoms with van der Waals surface area (Å²) in [5, 5.41) is 17.0. The summed E-state index contributed by atoms with van der Waals surface area (Å²) in [6.07, 6.45) is 0.996. The molecule has 0 radical (unpaired) electrons. The van der Waals surface area contributed by atoms with Crippen molar-refractivity contribution in [3.63, 3.8) is 0 Å². The first-order chi connectivity index (χ1) is 11.9. The number of hydrogen-bond acceptors (Lipinski definition) is 3. The maximum Gasteiger partial charge on any atom is 0.220 e. The Labute approximate surface area is 149 Å². The van der Waals surface area contributed by atoms with Crippen LogP contribution in [0, 0.1) is 13.8 Å². The van der Waals surface area contributed by atoms with E-state index in [-0.39, 0.29) is 18.6 Å². The molecule has 0 aliphatic carbocycles. The Balaban J connectivity index is 1.98. The Kier molecular flexibility index (Phi) is 6.53. The Hall–Kier alpha value is -2.40. The number of amides is 1. The number of allylic oxidation sites excluding steroid dienone is 1. The van der Waals surface area contributed by atoms with Crippen molar-refractivity contribution in [2.75, 3.05) is 6.61 Å². The van der Waals surface area contributed by atoms with Crippen LogP contribution in [0.15, 0.2) is 42.5 Å². The Morgan fingerprint density at radius 3 is 2.60 bits per heavy atom. The highest BCUT2D eigenvalue weighted by atomic mass is 16.3. The minimum Gasteiger partial charge on any atom is -0.394 e. The van der Waals surface area contributed by atoms with Crippen LogP contribution in [0.4, 0.5) is 0 Å². The van der Waals surface area contributed by atoms with E-state index in [1.807, 2.05) is 55.8 Å². The van der Waals surface area contributed by atoms with Gasteiger partial charge in [0.2, 0.25) is 5.91 Å². The highest BCUT2D eigenvalue weighted by molar-refractivity contribution is 5.76. The normalized spacial score (nSPS) is 12.0. The van der Waals surface area contributed by atoms with Crippen LogP contribution in [0.25, 0.3) is 0 Å². The molecule has 1 aromatic heterocycles. The largest absolute Gasteiger partial charge is 0.394 e. The van der Waals surface area contributed by atoms with Crippen LogP contribution < -0.4 is 5.32 Å².